The van der Waals surface area contributed by atoms with Gasteiger partial charge in [-0.3, -0.25) is 0 Å². The summed E-state index contributed by atoms with van der Waals surface area (Å²) in [6.45, 7) is 0. The fourth-order valence-electron chi connectivity index (χ4n) is 3.46. The van der Waals surface area contributed by atoms with Crippen molar-refractivity contribution < 1.29 is 29.7 Å². The van der Waals surface area contributed by atoms with Crippen molar-refractivity contribution in [2.24, 2.45) is 0 Å². The van der Waals surface area contributed by atoms with Crippen molar-refractivity contribution in [3.05, 3.63) is 124 Å². The van der Waals surface area contributed by atoms with Crippen molar-refractivity contribution in [3.8, 4) is 0 Å². The van der Waals surface area contributed by atoms with Crippen molar-refractivity contribution in [2.75, 3.05) is 0 Å². The highest BCUT2D eigenvalue weighted by Gasteiger charge is 2.05. The van der Waals surface area contributed by atoms with Crippen LogP contribution in [0.2, 0.25) is 0 Å². The fraction of sp³-hybridized carbons (Fsp3) is 0. The third kappa shape index (κ3) is 7.40. The molecule has 0 amide bonds. The van der Waals surface area contributed by atoms with Gasteiger partial charge in [-0.1, -0.05) is 54.7 Å². The first-order chi connectivity index (χ1) is 18.8. The molecule has 0 bridgehead atoms. The molecule has 0 saturated heterocycles. The number of carboxylic acid groups (broad SMARTS) is 3. The quantitative estimate of drug-likeness (QED) is 0.261. The van der Waals surface area contributed by atoms with E-state index in [1.165, 1.54) is 36.8 Å². The molecule has 9 heteroatoms. The van der Waals surface area contributed by atoms with E-state index in [9.17, 15) is 14.4 Å². The summed E-state index contributed by atoms with van der Waals surface area (Å²) in [6, 6.07) is 15.1. The maximum Gasteiger partial charge on any atom is 0.354 e. The highest BCUT2D eigenvalue weighted by Crippen LogP contribution is 2.19. The predicted octanol–water partition coefficient (Wildman–Crippen LogP) is 5.48. The van der Waals surface area contributed by atoms with Crippen LogP contribution in [0.25, 0.3) is 36.5 Å². The Morgan fingerprint density at radius 1 is 0.436 bits per heavy atom. The third-order valence-electron chi connectivity index (χ3n) is 5.42. The Hall–Kier alpha value is -5.70. The Balaban J connectivity index is 1.63. The zero-order valence-corrected chi connectivity index (χ0v) is 20.3. The molecule has 9 nitrogen and oxygen atoms in total. The van der Waals surface area contributed by atoms with E-state index in [1.807, 2.05) is 54.7 Å². The Morgan fingerprint density at radius 2 is 0.692 bits per heavy atom. The van der Waals surface area contributed by atoms with Gasteiger partial charge in [0.25, 0.3) is 0 Å². The molecule has 192 valence electrons. The van der Waals surface area contributed by atoms with E-state index in [0.29, 0.717) is 0 Å². The van der Waals surface area contributed by atoms with Crippen LogP contribution in [-0.4, -0.2) is 48.2 Å². The van der Waals surface area contributed by atoms with Gasteiger partial charge in [-0.25, -0.2) is 29.3 Å². The molecule has 1 aromatic carbocycles. The standard InChI is InChI=1S/C30H21N3O6/c34-28(35)25-10-7-19(16-31-25)1-4-22-13-23(5-2-20-8-11-26(29(36)37)32-17-20)15-24(14-22)6-3-21-9-12-27(30(38)39)33-18-21/h1-18H,(H,34,35)(H,36,37)(H,38,39)/b4-1-,5-2-,6-3-. The summed E-state index contributed by atoms with van der Waals surface area (Å²) in [5.41, 5.74) is 4.65. The number of rotatable bonds is 9. The van der Waals surface area contributed by atoms with Crippen LogP contribution in [0.1, 0.15) is 64.8 Å². The van der Waals surface area contributed by atoms with E-state index in [2.05, 4.69) is 15.0 Å². The lowest BCUT2D eigenvalue weighted by atomic mass is 10.0. The zero-order chi connectivity index (χ0) is 27.8. The average Bonchev–Trinajstić information content (AvgIpc) is 2.94. The SMILES string of the molecule is O=C(O)c1ccc(/C=C\c2cc(/C=C\c3ccc(C(=O)O)nc3)cc(/C=C\c3ccc(C(=O)O)nc3)c2)cn1. The van der Waals surface area contributed by atoms with Crippen LogP contribution in [0.4, 0.5) is 0 Å². The second kappa shape index (κ2) is 12.0. The molecule has 4 rings (SSSR count). The first-order valence-electron chi connectivity index (χ1n) is 11.5. The lowest BCUT2D eigenvalue weighted by Gasteiger charge is -2.03. The van der Waals surface area contributed by atoms with Gasteiger partial charge < -0.3 is 15.3 Å². The van der Waals surface area contributed by atoms with Crippen LogP contribution >= 0.6 is 0 Å². The number of hydrogen-bond acceptors (Lipinski definition) is 6. The molecule has 0 atom stereocenters. The molecule has 3 heterocycles. The summed E-state index contributed by atoms with van der Waals surface area (Å²) in [4.78, 5) is 44.9. The number of aromatic nitrogens is 3. The van der Waals surface area contributed by atoms with E-state index >= 15 is 0 Å². The summed E-state index contributed by atoms with van der Waals surface area (Å²) in [6.07, 6.45) is 15.5. The first-order valence-corrected chi connectivity index (χ1v) is 11.5. The maximum absolute atomic E-state index is 11.0. The second-order valence-corrected chi connectivity index (χ2v) is 8.28. The fourth-order valence-corrected chi connectivity index (χ4v) is 3.46. The molecule has 0 saturated carbocycles. The Bertz CT molecular complexity index is 1400. The predicted molar refractivity (Wildman–Crippen MR) is 147 cm³/mol. The van der Waals surface area contributed by atoms with Gasteiger partial charge in [-0.15, -0.1) is 0 Å². The van der Waals surface area contributed by atoms with Gasteiger partial charge in [0.2, 0.25) is 0 Å². The van der Waals surface area contributed by atoms with Gasteiger partial charge in [-0.2, -0.15) is 0 Å². The molecule has 0 spiro atoms. The number of hydrogen-bond donors (Lipinski definition) is 3. The largest absolute Gasteiger partial charge is 0.477 e. The topological polar surface area (TPSA) is 151 Å². The van der Waals surface area contributed by atoms with Crippen LogP contribution in [-0.2, 0) is 0 Å². The van der Waals surface area contributed by atoms with Gasteiger partial charge >= 0.3 is 17.9 Å². The highest BCUT2D eigenvalue weighted by molar-refractivity contribution is 5.87. The van der Waals surface area contributed by atoms with Crippen LogP contribution < -0.4 is 0 Å². The maximum atomic E-state index is 11.0. The number of nitrogens with zero attached hydrogens (tertiary/aromatic N) is 3. The minimum Gasteiger partial charge on any atom is -0.477 e. The molecule has 0 radical (unpaired) electrons. The average molecular weight is 520 g/mol. The first kappa shape index (κ1) is 26.4. The van der Waals surface area contributed by atoms with E-state index in [1.54, 1.807) is 18.2 Å². The molecular formula is C30H21N3O6. The monoisotopic (exact) mass is 519 g/mol. The van der Waals surface area contributed by atoms with E-state index < -0.39 is 17.9 Å². The molecule has 4 aromatic rings. The van der Waals surface area contributed by atoms with Gasteiger partial charge in [0.1, 0.15) is 17.1 Å². The van der Waals surface area contributed by atoms with Gasteiger partial charge in [-0.05, 0) is 69.8 Å². The van der Waals surface area contributed by atoms with Gasteiger partial charge in [0.05, 0.1) is 0 Å². The molecule has 3 N–H and O–H groups in total. The number of aromatic carboxylic acids is 3. The number of carboxylic acids is 3. The summed E-state index contributed by atoms with van der Waals surface area (Å²) in [5.74, 6) is -3.29. The van der Waals surface area contributed by atoms with Crippen molar-refractivity contribution in [2.45, 2.75) is 0 Å². The second-order valence-electron chi connectivity index (χ2n) is 8.28. The zero-order valence-electron chi connectivity index (χ0n) is 20.3. The van der Waals surface area contributed by atoms with Crippen LogP contribution in [0.5, 0.6) is 0 Å². The Labute approximate surface area is 222 Å². The van der Waals surface area contributed by atoms with Crippen molar-refractivity contribution in [1.82, 2.24) is 15.0 Å². The van der Waals surface area contributed by atoms with Crippen LogP contribution in [0.15, 0.2) is 73.2 Å². The van der Waals surface area contributed by atoms with Crippen molar-refractivity contribution >= 4 is 54.4 Å². The molecule has 0 aliphatic heterocycles. The van der Waals surface area contributed by atoms with Crippen molar-refractivity contribution in [1.29, 1.82) is 0 Å². The van der Waals surface area contributed by atoms with Crippen LogP contribution in [0, 0.1) is 0 Å². The van der Waals surface area contributed by atoms with Crippen LogP contribution in [0.3, 0.4) is 0 Å². The number of carbonyl (C=O) groups is 3. The summed E-state index contributed by atoms with van der Waals surface area (Å²) in [5, 5.41) is 27.1. The normalized spacial score (nSPS) is 11.4. The number of pyridine rings is 3. The van der Waals surface area contributed by atoms with E-state index in [0.717, 1.165) is 33.4 Å². The third-order valence-corrected chi connectivity index (χ3v) is 5.42. The molecule has 0 aliphatic rings. The molecule has 3 aromatic heterocycles. The molecule has 39 heavy (non-hydrogen) atoms. The smallest absolute Gasteiger partial charge is 0.354 e. The lowest BCUT2D eigenvalue weighted by molar-refractivity contribution is 0.0680. The molecule has 0 fully saturated rings. The Kier molecular flexibility index (Phi) is 8.13. The number of benzene rings is 1. The lowest BCUT2D eigenvalue weighted by Crippen LogP contribution is -1.99. The minimum absolute atomic E-state index is 0.0385. The summed E-state index contributed by atoms with van der Waals surface area (Å²) >= 11 is 0. The summed E-state index contributed by atoms with van der Waals surface area (Å²) in [7, 11) is 0. The van der Waals surface area contributed by atoms with E-state index in [-0.39, 0.29) is 17.1 Å². The summed E-state index contributed by atoms with van der Waals surface area (Å²) < 4.78 is 0. The van der Waals surface area contributed by atoms with Crippen molar-refractivity contribution in [3.63, 3.8) is 0 Å². The van der Waals surface area contributed by atoms with Gasteiger partial charge in [0, 0.05) is 18.6 Å². The van der Waals surface area contributed by atoms with E-state index in [4.69, 9.17) is 15.3 Å². The minimum atomic E-state index is -1.10. The molecule has 0 unspecified atom stereocenters. The molecular weight excluding hydrogens is 498 g/mol. The Morgan fingerprint density at radius 3 is 0.897 bits per heavy atom. The molecule has 0 aliphatic carbocycles. The highest BCUT2D eigenvalue weighted by atomic mass is 16.4. The van der Waals surface area contributed by atoms with Gasteiger partial charge in [0.15, 0.2) is 0 Å².